The van der Waals surface area contributed by atoms with Crippen molar-refractivity contribution in [2.75, 3.05) is 33.3 Å². The number of methoxy groups -OCH3 is 1. The molecule has 9 heteroatoms. The lowest BCUT2D eigenvalue weighted by Gasteiger charge is -2.33. The Balaban J connectivity index is 1.36. The summed E-state index contributed by atoms with van der Waals surface area (Å²) in [4.78, 5) is 2.38. The molecular weight excluding hydrogens is 426 g/mol. The standard InChI is InChI=1S/C21H22ClN3O4S/c1-28-18-7-5-16(6-8-18)21-14-19(29-23-21)15-24-9-11-25(12-10-24)30(26,27)20-4-2-3-17(22)13-20/h2-8,13-14H,9-12,15H2,1H3. The molecule has 4 rings (SSSR count). The zero-order valence-corrected chi connectivity index (χ0v) is 18.1. The quantitative estimate of drug-likeness (QED) is 0.575. The van der Waals surface area contributed by atoms with E-state index < -0.39 is 10.0 Å². The minimum absolute atomic E-state index is 0.225. The van der Waals surface area contributed by atoms with Crippen molar-refractivity contribution in [3.63, 3.8) is 0 Å². The summed E-state index contributed by atoms with van der Waals surface area (Å²) in [6, 6.07) is 15.9. The van der Waals surface area contributed by atoms with Gasteiger partial charge in [0.1, 0.15) is 11.4 Å². The molecule has 1 aromatic heterocycles. The third-order valence-corrected chi connectivity index (χ3v) is 7.22. The molecule has 0 N–H and O–H groups in total. The van der Waals surface area contributed by atoms with Crippen molar-refractivity contribution in [3.05, 3.63) is 65.4 Å². The Labute approximate surface area is 180 Å². The number of nitrogens with zero attached hydrogens (tertiary/aromatic N) is 3. The fourth-order valence-corrected chi connectivity index (χ4v) is 5.13. The summed E-state index contributed by atoms with van der Waals surface area (Å²) < 4.78 is 37.8. The molecule has 1 fully saturated rings. The number of hydrogen-bond acceptors (Lipinski definition) is 6. The minimum atomic E-state index is -3.54. The maximum atomic E-state index is 12.8. The van der Waals surface area contributed by atoms with E-state index in [4.69, 9.17) is 20.9 Å². The van der Waals surface area contributed by atoms with Gasteiger partial charge in [0.05, 0.1) is 18.6 Å². The summed E-state index contributed by atoms with van der Waals surface area (Å²) in [6.07, 6.45) is 0. The van der Waals surface area contributed by atoms with Crippen LogP contribution in [0.3, 0.4) is 0 Å². The van der Waals surface area contributed by atoms with Crippen LogP contribution in [0.2, 0.25) is 5.02 Å². The van der Waals surface area contributed by atoms with Crippen LogP contribution >= 0.6 is 11.6 Å². The van der Waals surface area contributed by atoms with E-state index in [1.165, 1.54) is 10.4 Å². The Morgan fingerprint density at radius 1 is 1.07 bits per heavy atom. The predicted octanol–water partition coefficient (Wildman–Crippen LogP) is 3.51. The van der Waals surface area contributed by atoms with Gasteiger partial charge < -0.3 is 9.26 Å². The number of aromatic nitrogens is 1. The van der Waals surface area contributed by atoms with Crippen LogP contribution in [-0.2, 0) is 16.6 Å². The van der Waals surface area contributed by atoms with Crippen LogP contribution in [0.25, 0.3) is 11.3 Å². The van der Waals surface area contributed by atoms with E-state index in [0.29, 0.717) is 37.7 Å². The van der Waals surface area contributed by atoms with E-state index in [1.54, 1.807) is 25.3 Å². The van der Waals surface area contributed by atoms with Gasteiger partial charge in [0.25, 0.3) is 0 Å². The number of piperazine rings is 1. The summed E-state index contributed by atoms with van der Waals surface area (Å²) >= 11 is 5.95. The number of halogens is 1. The fourth-order valence-electron chi connectivity index (χ4n) is 3.41. The molecule has 2 heterocycles. The molecule has 1 saturated heterocycles. The second-order valence-corrected chi connectivity index (χ2v) is 9.42. The van der Waals surface area contributed by atoms with Gasteiger partial charge in [-0.25, -0.2) is 8.42 Å². The lowest BCUT2D eigenvalue weighted by atomic mass is 10.1. The summed E-state index contributed by atoms with van der Waals surface area (Å²) in [7, 11) is -1.91. The van der Waals surface area contributed by atoms with Crippen molar-refractivity contribution in [2.45, 2.75) is 11.4 Å². The lowest BCUT2D eigenvalue weighted by Crippen LogP contribution is -2.48. The molecule has 0 unspecified atom stereocenters. The molecule has 158 valence electrons. The van der Waals surface area contributed by atoms with Crippen LogP contribution in [-0.4, -0.2) is 56.1 Å². The average Bonchev–Trinajstić information content (AvgIpc) is 3.22. The molecular formula is C21H22ClN3O4S. The Morgan fingerprint density at radius 3 is 2.47 bits per heavy atom. The first-order valence-corrected chi connectivity index (χ1v) is 11.4. The van der Waals surface area contributed by atoms with E-state index in [2.05, 4.69) is 10.1 Å². The number of sulfonamides is 1. The molecule has 0 radical (unpaired) electrons. The molecule has 30 heavy (non-hydrogen) atoms. The van der Waals surface area contributed by atoms with Crippen LogP contribution in [0.15, 0.2) is 64.0 Å². The molecule has 0 aliphatic carbocycles. The summed E-state index contributed by atoms with van der Waals surface area (Å²) in [6.45, 7) is 2.62. The van der Waals surface area contributed by atoms with Gasteiger partial charge >= 0.3 is 0 Å². The second kappa shape index (κ2) is 8.77. The van der Waals surface area contributed by atoms with E-state index >= 15 is 0 Å². The molecule has 0 bridgehead atoms. The number of rotatable bonds is 6. The van der Waals surface area contributed by atoms with Crippen LogP contribution in [0, 0.1) is 0 Å². The maximum absolute atomic E-state index is 12.8. The first-order valence-electron chi connectivity index (χ1n) is 9.54. The molecule has 3 aromatic rings. The van der Waals surface area contributed by atoms with Gasteiger partial charge in [0.2, 0.25) is 10.0 Å². The first kappa shape index (κ1) is 20.9. The normalized spacial score (nSPS) is 15.9. The van der Waals surface area contributed by atoms with Crippen molar-refractivity contribution >= 4 is 21.6 Å². The van der Waals surface area contributed by atoms with Gasteiger partial charge in [-0.05, 0) is 42.5 Å². The zero-order valence-electron chi connectivity index (χ0n) is 16.5. The summed E-state index contributed by atoms with van der Waals surface area (Å²) in [5.41, 5.74) is 1.71. The number of ether oxygens (including phenoxy) is 1. The van der Waals surface area contributed by atoms with Gasteiger partial charge in [-0.1, -0.05) is 22.8 Å². The third kappa shape index (κ3) is 4.52. The first-order chi connectivity index (χ1) is 14.5. The highest BCUT2D eigenvalue weighted by Crippen LogP contribution is 2.24. The molecule has 0 spiro atoms. The Morgan fingerprint density at radius 2 is 1.80 bits per heavy atom. The van der Waals surface area contributed by atoms with Gasteiger partial charge in [0.15, 0.2) is 5.76 Å². The van der Waals surface area contributed by atoms with Gasteiger partial charge in [-0.2, -0.15) is 4.31 Å². The van der Waals surface area contributed by atoms with E-state index in [9.17, 15) is 8.42 Å². The van der Waals surface area contributed by atoms with E-state index in [1.807, 2.05) is 30.3 Å². The Bertz CT molecular complexity index is 1110. The van der Waals surface area contributed by atoms with Crippen molar-refractivity contribution < 1.29 is 17.7 Å². The molecule has 1 aliphatic rings. The topological polar surface area (TPSA) is 75.9 Å². The molecule has 0 saturated carbocycles. The molecule has 0 amide bonds. The number of hydrogen-bond donors (Lipinski definition) is 0. The smallest absolute Gasteiger partial charge is 0.243 e. The van der Waals surface area contributed by atoms with Crippen molar-refractivity contribution in [1.82, 2.24) is 14.4 Å². The largest absolute Gasteiger partial charge is 0.497 e. The molecule has 1 aliphatic heterocycles. The van der Waals surface area contributed by atoms with Crippen LogP contribution in [0.5, 0.6) is 5.75 Å². The Kier molecular flexibility index (Phi) is 6.10. The van der Waals surface area contributed by atoms with Crippen molar-refractivity contribution in [3.8, 4) is 17.0 Å². The summed E-state index contributed by atoms with van der Waals surface area (Å²) in [5.74, 6) is 1.53. The number of benzene rings is 2. The van der Waals surface area contributed by atoms with Gasteiger partial charge in [0, 0.05) is 42.8 Å². The lowest BCUT2D eigenvalue weighted by molar-refractivity contribution is 0.166. The van der Waals surface area contributed by atoms with Gasteiger partial charge in [-0.15, -0.1) is 0 Å². The molecule has 0 atom stereocenters. The highest BCUT2D eigenvalue weighted by atomic mass is 35.5. The minimum Gasteiger partial charge on any atom is -0.497 e. The van der Waals surface area contributed by atoms with Crippen LogP contribution < -0.4 is 4.74 Å². The third-order valence-electron chi connectivity index (χ3n) is 5.09. The van der Waals surface area contributed by atoms with Crippen molar-refractivity contribution in [2.24, 2.45) is 0 Å². The fraction of sp³-hybridized carbons (Fsp3) is 0.286. The average molecular weight is 448 g/mol. The van der Waals surface area contributed by atoms with Crippen molar-refractivity contribution in [1.29, 1.82) is 0 Å². The SMILES string of the molecule is COc1ccc(-c2cc(CN3CCN(S(=O)(=O)c4cccc(Cl)c4)CC3)on2)cc1. The predicted molar refractivity (Wildman–Crippen MR) is 114 cm³/mol. The summed E-state index contributed by atoms with van der Waals surface area (Å²) in [5, 5.41) is 4.56. The molecule has 7 nitrogen and oxygen atoms in total. The van der Waals surface area contributed by atoms with Crippen LogP contribution in [0.1, 0.15) is 5.76 Å². The molecule has 2 aromatic carbocycles. The zero-order chi connectivity index (χ0) is 21.1. The highest BCUT2D eigenvalue weighted by Gasteiger charge is 2.29. The van der Waals surface area contributed by atoms with Gasteiger partial charge in [-0.3, -0.25) is 4.90 Å². The van der Waals surface area contributed by atoms with Crippen LogP contribution in [0.4, 0.5) is 0 Å². The van der Waals surface area contributed by atoms with E-state index in [-0.39, 0.29) is 4.90 Å². The van der Waals surface area contributed by atoms with E-state index in [0.717, 1.165) is 22.8 Å². The second-order valence-electron chi connectivity index (χ2n) is 7.04. The maximum Gasteiger partial charge on any atom is 0.243 e. The monoisotopic (exact) mass is 447 g/mol. The highest BCUT2D eigenvalue weighted by molar-refractivity contribution is 7.89. The Hall–Kier alpha value is -2.39.